The van der Waals surface area contributed by atoms with Crippen LogP contribution in [-0.2, 0) is 0 Å². The lowest BCUT2D eigenvalue weighted by atomic mass is 9.78. The number of fused-ring (bicyclic) bond motifs is 15. The average Bonchev–Trinajstić information content (AvgIpc) is 1.17. The molecule has 2 heterocycles. The van der Waals surface area contributed by atoms with E-state index < -0.39 is 0 Å². The molecule has 22 aromatic rings. The van der Waals surface area contributed by atoms with Crippen molar-refractivity contribution in [1.82, 2.24) is 19.5 Å². The first-order valence-corrected chi connectivity index (χ1v) is 37.5. The highest BCUT2D eigenvalue weighted by Crippen LogP contribution is 2.54. The fourth-order valence-corrected chi connectivity index (χ4v) is 17.8. The van der Waals surface area contributed by atoms with Gasteiger partial charge in [0.25, 0.3) is 0 Å². The number of hydrogen-bond acceptors (Lipinski definition) is 3. The maximum atomic E-state index is 5.18. The van der Waals surface area contributed by atoms with Gasteiger partial charge in [0, 0.05) is 33.2 Å². The molecule has 0 saturated carbocycles. The van der Waals surface area contributed by atoms with Crippen molar-refractivity contribution in [3.8, 4) is 118 Å². The third-order valence-electron chi connectivity index (χ3n) is 22.8. The normalized spacial score (nSPS) is 11.9. The molecule has 0 spiro atoms. The van der Waals surface area contributed by atoms with Crippen molar-refractivity contribution in [3.05, 3.63) is 388 Å². The monoisotopic (exact) mass is 1380 g/mol. The van der Waals surface area contributed by atoms with Crippen LogP contribution < -0.4 is 0 Å². The van der Waals surface area contributed by atoms with E-state index in [-0.39, 0.29) is 0 Å². The van der Waals surface area contributed by atoms with Crippen LogP contribution in [0.4, 0.5) is 0 Å². The Balaban J connectivity index is 0.735. The van der Waals surface area contributed by atoms with Crippen LogP contribution in [0.3, 0.4) is 0 Å². The molecule has 0 saturated heterocycles. The summed E-state index contributed by atoms with van der Waals surface area (Å²) in [5, 5.41) is 22.3. The second-order valence-electron chi connectivity index (χ2n) is 28.8. The average molecular weight is 1380 g/mol. The molecular formula is C105H64N4. The van der Waals surface area contributed by atoms with E-state index in [0.717, 1.165) is 61.3 Å². The SMILES string of the molecule is c1ccc(-c2nc(-c3ccccc3)nc(-c3ccc(-c4cc(-c5ccc(-c6ccc7c8ccc(-c9ccc%10c(c9)c9ccccc9n%10-c9ccccc9)cc8c8ccccc8c7c6)cc5)c5c6cccc7c8cc(-c9ccccc9)c(-c9ccccc9)cc8c8cccc(c5c4-c4ccccc4)c8c76)cc3)n2)cc1. The van der Waals surface area contributed by atoms with E-state index in [1.807, 2.05) is 36.4 Å². The maximum Gasteiger partial charge on any atom is 0.164 e. The van der Waals surface area contributed by atoms with Crippen molar-refractivity contribution in [2.75, 3.05) is 0 Å². The molecule has 4 heteroatoms. The van der Waals surface area contributed by atoms with E-state index >= 15 is 0 Å². The maximum absolute atomic E-state index is 5.18. The molecule has 0 unspecified atom stereocenters. The van der Waals surface area contributed by atoms with Crippen LogP contribution in [0.25, 0.3) is 226 Å². The fourth-order valence-electron chi connectivity index (χ4n) is 17.8. The van der Waals surface area contributed by atoms with Gasteiger partial charge in [-0.2, -0.15) is 0 Å². The van der Waals surface area contributed by atoms with Crippen LogP contribution in [0, 0.1) is 0 Å². The number of nitrogens with zero attached hydrogens (tertiary/aromatic N) is 4. The molecule has 109 heavy (non-hydrogen) atoms. The van der Waals surface area contributed by atoms with Gasteiger partial charge in [-0.3, -0.25) is 0 Å². The zero-order chi connectivity index (χ0) is 71.6. The molecule has 0 bridgehead atoms. The van der Waals surface area contributed by atoms with Gasteiger partial charge in [0.15, 0.2) is 17.5 Å². The van der Waals surface area contributed by atoms with E-state index in [1.54, 1.807) is 0 Å². The predicted octanol–water partition coefficient (Wildman–Crippen LogP) is 28.3. The van der Waals surface area contributed by atoms with Crippen LogP contribution in [0.1, 0.15) is 0 Å². The Kier molecular flexibility index (Phi) is 14.3. The number of aromatic nitrogens is 4. The summed E-state index contributed by atoms with van der Waals surface area (Å²) in [6, 6.07) is 143. The summed E-state index contributed by atoms with van der Waals surface area (Å²) >= 11 is 0. The molecule has 0 radical (unpaired) electrons. The lowest BCUT2D eigenvalue weighted by molar-refractivity contribution is 1.07. The molecule has 0 aliphatic carbocycles. The van der Waals surface area contributed by atoms with Crippen LogP contribution in [-0.4, -0.2) is 19.5 Å². The number of benzene rings is 20. The van der Waals surface area contributed by atoms with Crippen molar-refractivity contribution in [3.63, 3.8) is 0 Å². The quantitative estimate of drug-likeness (QED) is 0.0957. The van der Waals surface area contributed by atoms with Crippen molar-refractivity contribution in [1.29, 1.82) is 0 Å². The van der Waals surface area contributed by atoms with Gasteiger partial charge >= 0.3 is 0 Å². The lowest BCUT2D eigenvalue weighted by Gasteiger charge is -2.24. The Labute approximate surface area is 629 Å². The molecule has 0 aliphatic rings. The van der Waals surface area contributed by atoms with E-state index in [2.05, 4.69) is 356 Å². The molecular weight excluding hydrogens is 1320 g/mol. The summed E-state index contributed by atoms with van der Waals surface area (Å²) < 4.78 is 2.39. The Hall–Kier alpha value is -14.5. The molecule has 0 aliphatic heterocycles. The third kappa shape index (κ3) is 10.1. The molecule has 2 aromatic heterocycles. The van der Waals surface area contributed by atoms with E-state index in [1.165, 1.54) is 147 Å². The van der Waals surface area contributed by atoms with Gasteiger partial charge in [-0.1, -0.05) is 328 Å². The van der Waals surface area contributed by atoms with Crippen LogP contribution in [0.5, 0.6) is 0 Å². The Morgan fingerprint density at radius 2 is 0.486 bits per heavy atom. The summed E-state index contributed by atoms with van der Waals surface area (Å²) in [4.78, 5) is 15.4. The second kappa shape index (κ2) is 25.1. The molecule has 4 nitrogen and oxygen atoms in total. The standard InChI is InChI=1S/C105H64N4/c1-7-25-66(26-8-1)87-62-93-83-40-23-42-85-99(83)100-84(94(93)63-88(87)67-27-9-2-10-28-67)41-24-43-86(100)102-98(70-29-11-3-12-30-70)89(68-49-51-73(52-50-68)105-107-103(71-31-13-4-14-32-71)106-104(108-105)72-33-15-5-16-34-72)64-90(101(85)102)69-47-45-65(46-48-69)74-53-56-80-81-57-54-75(60-92(81)79-38-20-19-37-78(79)91(80)59-74)76-55-58-97-95(61-76)82-39-21-22-44-96(82)109(97)77-35-17-6-18-36-77/h1-64H. The second-order valence-corrected chi connectivity index (χ2v) is 28.8. The van der Waals surface area contributed by atoms with E-state index in [4.69, 9.17) is 15.0 Å². The van der Waals surface area contributed by atoms with E-state index in [9.17, 15) is 0 Å². The van der Waals surface area contributed by atoms with Gasteiger partial charge < -0.3 is 4.57 Å². The minimum atomic E-state index is 0.611. The summed E-state index contributed by atoms with van der Waals surface area (Å²) in [6.07, 6.45) is 0. The highest BCUT2D eigenvalue weighted by Gasteiger charge is 2.27. The lowest BCUT2D eigenvalue weighted by Crippen LogP contribution is -2.00. The molecule has 0 atom stereocenters. The largest absolute Gasteiger partial charge is 0.309 e. The van der Waals surface area contributed by atoms with Gasteiger partial charge in [0.2, 0.25) is 0 Å². The Morgan fingerprint density at radius 1 is 0.156 bits per heavy atom. The zero-order valence-electron chi connectivity index (χ0n) is 59.2. The van der Waals surface area contributed by atoms with Crippen molar-refractivity contribution in [2.24, 2.45) is 0 Å². The highest BCUT2D eigenvalue weighted by atomic mass is 15.0. The topological polar surface area (TPSA) is 43.6 Å². The minimum absolute atomic E-state index is 0.611. The molecule has 0 fully saturated rings. The third-order valence-corrected chi connectivity index (χ3v) is 22.8. The van der Waals surface area contributed by atoms with Crippen LogP contribution in [0.15, 0.2) is 388 Å². The number of para-hydroxylation sites is 2. The molecule has 20 aromatic carbocycles. The van der Waals surface area contributed by atoms with E-state index in [0.29, 0.717) is 17.5 Å². The Bertz CT molecular complexity index is 7310. The summed E-state index contributed by atoms with van der Waals surface area (Å²) in [5.41, 5.74) is 22.6. The smallest absolute Gasteiger partial charge is 0.164 e. The van der Waals surface area contributed by atoms with Gasteiger partial charge in [-0.25, -0.2) is 15.0 Å². The first-order chi connectivity index (χ1) is 54.1. The Morgan fingerprint density at radius 3 is 1.01 bits per heavy atom. The predicted molar refractivity (Wildman–Crippen MR) is 460 cm³/mol. The number of rotatable bonds is 11. The van der Waals surface area contributed by atoms with Gasteiger partial charge in [0.05, 0.1) is 11.0 Å². The van der Waals surface area contributed by atoms with Crippen molar-refractivity contribution < 1.29 is 0 Å². The summed E-state index contributed by atoms with van der Waals surface area (Å²) in [5.74, 6) is 1.87. The zero-order valence-corrected chi connectivity index (χ0v) is 59.2. The number of hydrogen-bond donors (Lipinski definition) is 0. The van der Waals surface area contributed by atoms with Crippen molar-refractivity contribution >= 4 is 108 Å². The first kappa shape index (κ1) is 62.0. The molecule has 0 amide bonds. The first-order valence-electron chi connectivity index (χ1n) is 37.5. The van der Waals surface area contributed by atoms with Gasteiger partial charge in [-0.05, 0) is 225 Å². The van der Waals surface area contributed by atoms with Crippen molar-refractivity contribution in [2.45, 2.75) is 0 Å². The van der Waals surface area contributed by atoms with Crippen LogP contribution in [0.2, 0.25) is 0 Å². The summed E-state index contributed by atoms with van der Waals surface area (Å²) in [6.45, 7) is 0. The van der Waals surface area contributed by atoms with Gasteiger partial charge in [0.1, 0.15) is 0 Å². The molecule has 0 N–H and O–H groups in total. The highest BCUT2D eigenvalue weighted by molar-refractivity contribution is 6.43. The van der Waals surface area contributed by atoms with Gasteiger partial charge in [-0.15, -0.1) is 0 Å². The fraction of sp³-hybridized carbons (Fsp3) is 0. The van der Waals surface area contributed by atoms with Crippen LogP contribution >= 0.6 is 0 Å². The summed E-state index contributed by atoms with van der Waals surface area (Å²) in [7, 11) is 0. The minimum Gasteiger partial charge on any atom is -0.309 e. The molecule has 22 rings (SSSR count). The molecule has 504 valence electrons.